The SMILES string of the molecule is Clc1nc(-c2ccc(N3CCOCC3)nc2)c2ncn(C3CCCCO3)c2n1. The molecule has 0 bridgehead atoms. The van der Waals surface area contributed by atoms with Gasteiger partial charge in [0.1, 0.15) is 23.3 Å². The van der Waals surface area contributed by atoms with Gasteiger partial charge < -0.3 is 14.4 Å². The zero-order valence-electron chi connectivity index (χ0n) is 15.4. The Morgan fingerprint density at radius 1 is 1.04 bits per heavy atom. The van der Waals surface area contributed by atoms with E-state index in [-0.39, 0.29) is 11.5 Å². The van der Waals surface area contributed by atoms with E-state index >= 15 is 0 Å². The number of fused-ring (bicyclic) bond motifs is 1. The first-order valence-electron chi connectivity index (χ1n) is 9.60. The zero-order valence-corrected chi connectivity index (χ0v) is 16.2. The van der Waals surface area contributed by atoms with E-state index in [0.717, 1.165) is 63.6 Å². The van der Waals surface area contributed by atoms with E-state index in [0.29, 0.717) is 16.9 Å². The second-order valence-corrected chi connectivity index (χ2v) is 7.33. The van der Waals surface area contributed by atoms with Crippen molar-refractivity contribution in [2.45, 2.75) is 25.5 Å². The molecule has 3 aromatic heterocycles. The van der Waals surface area contributed by atoms with Crippen molar-refractivity contribution in [1.82, 2.24) is 24.5 Å². The number of anilines is 1. The summed E-state index contributed by atoms with van der Waals surface area (Å²) in [5.74, 6) is 0.935. The zero-order chi connectivity index (χ0) is 18.9. The smallest absolute Gasteiger partial charge is 0.225 e. The average molecular weight is 401 g/mol. The van der Waals surface area contributed by atoms with Crippen molar-refractivity contribution >= 4 is 28.6 Å². The lowest BCUT2D eigenvalue weighted by Crippen LogP contribution is -2.36. The molecule has 5 heterocycles. The molecule has 0 saturated carbocycles. The van der Waals surface area contributed by atoms with E-state index in [9.17, 15) is 0 Å². The minimum atomic E-state index is -0.0561. The minimum absolute atomic E-state index is 0.0561. The third-order valence-electron chi connectivity index (χ3n) is 5.22. The lowest BCUT2D eigenvalue weighted by Gasteiger charge is -2.27. The van der Waals surface area contributed by atoms with E-state index in [1.54, 1.807) is 6.33 Å². The van der Waals surface area contributed by atoms with Crippen molar-refractivity contribution in [3.8, 4) is 11.3 Å². The number of hydrogen-bond acceptors (Lipinski definition) is 7. The van der Waals surface area contributed by atoms with Crippen molar-refractivity contribution in [2.24, 2.45) is 0 Å². The molecule has 2 saturated heterocycles. The first-order chi connectivity index (χ1) is 13.8. The number of nitrogens with zero attached hydrogens (tertiary/aromatic N) is 6. The molecule has 146 valence electrons. The predicted octanol–water partition coefficient (Wildman–Crippen LogP) is 3.08. The second-order valence-electron chi connectivity index (χ2n) is 6.99. The Labute approximate surface area is 167 Å². The highest BCUT2D eigenvalue weighted by atomic mass is 35.5. The van der Waals surface area contributed by atoms with Gasteiger partial charge in [0.05, 0.1) is 19.5 Å². The lowest BCUT2D eigenvalue weighted by atomic mass is 10.1. The molecule has 0 aliphatic carbocycles. The van der Waals surface area contributed by atoms with Gasteiger partial charge in [-0.1, -0.05) is 0 Å². The molecule has 0 aromatic carbocycles. The summed E-state index contributed by atoms with van der Waals surface area (Å²) >= 11 is 6.25. The van der Waals surface area contributed by atoms with Crippen LogP contribution in [0.4, 0.5) is 5.82 Å². The van der Waals surface area contributed by atoms with Gasteiger partial charge in [0.2, 0.25) is 5.28 Å². The summed E-state index contributed by atoms with van der Waals surface area (Å²) in [4.78, 5) is 20.3. The van der Waals surface area contributed by atoms with Crippen LogP contribution in [0, 0.1) is 0 Å². The number of imidazole rings is 1. The van der Waals surface area contributed by atoms with Crippen molar-refractivity contribution in [2.75, 3.05) is 37.8 Å². The Balaban J connectivity index is 1.50. The molecule has 1 unspecified atom stereocenters. The first kappa shape index (κ1) is 17.8. The normalized spacial score (nSPS) is 20.6. The number of halogens is 1. The van der Waals surface area contributed by atoms with E-state index in [1.165, 1.54) is 0 Å². The maximum atomic E-state index is 6.25. The standard InChI is InChI=1S/C19H21ClN6O2/c20-19-23-16(13-4-5-14(21-11-13)25-6-9-27-10-7-25)17-18(24-19)26(12-22-17)15-3-1-2-8-28-15/h4-5,11-12,15H,1-3,6-10H2. The molecule has 28 heavy (non-hydrogen) atoms. The minimum Gasteiger partial charge on any atom is -0.378 e. The van der Waals surface area contributed by atoms with Crippen LogP contribution >= 0.6 is 11.6 Å². The van der Waals surface area contributed by atoms with E-state index in [1.807, 2.05) is 22.9 Å². The van der Waals surface area contributed by atoms with Crippen LogP contribution in [0.2, 0.25) is 5.28 Å². The topological polar surface area (TPSA) is 78.2 Å². The van der Waals surface area contributed by atoms with Crippen LogP contribution < -0.4 is 4.90 Å². The van der Waals surface area contributed by atoms with E-state index in [4.69, 9.17) is 21.1 Å². The van der Waals surface area contributed by atoms with Crippen molar-refractivity contribution in [3.63, 3.8) is 0 Å². The van der Waals surface area contributed by atoms with Gasteiger partial charge in [-0.3, -0.25) is 4.57 Å². The van der Waals surface area contributed by atoms with Crippen LogP contribution in [0.3, 0.4) is 0 Å². The number of hydrogen-bond donors (Lipinski definition) is 0. The summed E-state index contributed by atoms with van der Waals surface area (Å²) in [6.07, 6.45) is 6.69. The monoisotopic (exact) mass is 400 g/mol. The second kappa shape index (κ2) is 7.62. The molecule has 0 spiro atoms. The molecule has 3 aromatic rings. The molecule has 5 rings (SSSR count). The molecule has 0 amide bonds. The summed E-state index contributed by atoms with van der Waals surface area (Å²) in [6.45, 7) is 3.91. The fourth-order valence-corrected chi connectivity index (χ4v) is 3.92. The highest BCUT2D eigenvalue weighted by Gasteiger charge is 2.22. The summed E-state index contributed by atoms with van der Waals surface area (Å²) < 4.78 is 13.3. The van der Waals surface area contributed by atoms with Crippen LogP contribution in [-0.4, -0.2) is 57.4 Å². The van der Waals surface area contributed by atoms with Gasteiger partial charge in [-0.05, 0) is 43.0 Å². The summed E-state index contributed by atoms with van der Waals surface area (Å²) in [7, 11) is 0. The molecule has 2 aliphatic rings. The molecule has 0 N–H and O–H groups in total. The Hall–Kier alpha value is -2.29. The summed E-state index contributed by atoms with van der Waals surface area (Å²) in [5.41, 5.74) is 2.95. The molecular formula is C19H21ClN6O2. The number of rotatable bonds is 3. The van der Waals surface area contributed by atoms with Crippen LogP contribution in [0.1, 0.15) is 25.5 Å². The number of morpholine rings is 1. The van der Waals surface area contributed by atoms with E-state index in [2.05, 4.69) is 24.8 Å². The molecular weight excluding hydrogens is 380 g/mol. The average Bonchev–Trinajstić information content (AvgIpc) is 3.18. The number of ether oxygens (including phenoxy) is 2. The van der Waals surface area contributed by atoms with Gasteiger partial charge in [0.25, 0.3) is 0 Å². The Morgan fingerprint density at radius 2 is 1.93 bits per heavy atom. The Kier molecular flexibility index (Phi) is 4.84. The lowest BCUT2D eigenvalue weighted by molar-refractivity contribution is -0.0298. The Bertz CT molecular complexity index is 964. The van der Waals surface area contributed by atoms with Gasteiger partial charge in [-0.15, -0.1) is 0 Å². The van der Waals surface area contributed by atoms with Gasteiger partial charge in [0, 0.05) is 31.5 Å². The van der Waals surface area contributed by atoms with Crippen molar-refractivity contribution in [3.05, 3.63) is 29.9 Å². The van der Waals surface area contributed by atoms with Gasteiger partial charge in [0.15, 0.2) is 5.65 Å². The number of pyridine rings is 1. The van der Waals surface area contributed by atoms with Crippen molar-refractivity contribution < 1.29 is 9.47 Å². The van der Waals surface area contributed by atoms with Crippen molar-refractivity contribution in [1.29, 1.82) is 0 Å². The van der Waals surface area contributed by atoms with Crippen LogP contribution in [0.5, 0.6) is 0 Å². The molecule has 2 fully saturated rings. The molecule has 0 radical (unpaired) electrons. The highest BCUT2D eigenvalue weighted by Crippen LogP contribution is 2.31. The first-order valence-corrected chi connectivity index (χ1v) is 9.98. The van der Waals surface area contributed by atoms with Crippen LogP contribution in [0.15, 0.2) is 24.7 Å². The fraction of sp³-hybridized carbons (Fsp3) is 0.474. The third kappa shape index (κ3) is 3.32. The summed E-state index contributed by atoms with van der Waals surface area (Å²) in [6, 6.07) is 4.01. The predicted molar refractivity (Wildman–Crippen MR) is 105 cm³/mol. The van der Waals surface area contributed by atoms with Crippen LogP contribution in [0.25, 0.3) is 22.4 Å². The van der Waals surface area contributed by atoms with Gasteiger partial charge in [-0.2, -0.15) is 4.98 Å². The fourth-order valence-electron chi connectivity index (χ4n) is 3.75. The maximum absolute atomic E-state index is 6.25. The van der Waals surface area contributed by atoms with Gasteiger partial charge in [-0.25, -0.2) is 15.0 Å². The molecule has 8 nitrogen and oxygen atoms in total. The summed E-state index contributed by atoms with van der Waals surface area (Å²) in [5, 5.41) is 0.192. The maximum Gasteiger partial charge on any atom is 0.225 e. The third-order valence-corrected chi connectivity index (χ3v) is 5.39. The highest BCUT2D eigenvalue weighted by molar-refractivity contribution is 6.28. The molecule has 2 aliphatic heterocycles. The molecule has 9 heteroatoms. The number of aromatic nitrogens is 5. The Morgan fingerprint density at radius 3 is 2.68 bits per heavy atom. The van der Waals surface area contributed by atoms with Crippen LogP contribution in [-0.2, 0) is 9.47 Å². The molecule has 1 atom stereocenters. The quantitative estimate of drug-likeness (QED) is 0.625. The van der Waals surface area contributed by atoms with E-state index < -0.39 is 0 Å². The van der Waals surface area contributed by atoms with Gasteiger partial charge >= 0.3 is 0 Å². The largest absolute Gasteiger partial charge is 0.378 e.